The van der Waals surface area contributed by atoms with Gasteiger partial charge < -0.3 is 15.2 Å². The lowest BCUT2D eigenvalue weighted by molar-refractivity contribution is -0.147. The van der Waals surface area contributed by atoms with E-state index in [0.717, 1.165) is 77.0 Å². The van der Waals surface area contributed by atoms with Gasteiger partial charge in [-0.3, -0.25) is 14.4 Å². The molecule has 2 N–H and O–H groups in total. The highest BCUT2D eigenvalue weighted by molar-refractivity contribution is 5.80. The van der Waals surface area contributed by atoms with Gasteiger partial charge in [0.25, 0.3) is 0 Å². The van der Waals surface area contributed by atoms with Gasteiger partial charge in [-0.15, -0.1) is 0 Å². The maximum absolute atomic E-state index is 12.7. The van der Waals surface area contributed by atoms with E-state index in [9.17, 15) is 14.4 Å². The van der Waals surface area contributed by atoms with Crippen molar-refractivity contribution in [2.24, 2.45) is 0 Å². The Kier molecular flexibility index (Phi) is 36.6. The van der Waals surface area contributed by atoms with Crippen LogP contribution in [0.3, 0.4) is 0 Å². The standard InChI is InChI=1S/C43H77NO5/c1-3-5-7-9-11-13-14-15-16-17-18-19-20-21-22-24-30-34-38-43(48)49-40(35-31-27-23-12-10-8-6-4-2)36-32-28-25-26-29-33-37-41(45)44-39-42(46)47/h6,8,12,23,31,35,40H,3-5,7,9-11,13-22,24-30,32-34,36-39H2,1-2H3,(H,44,45)(H,46,47)/b8-6-,23-12-,35-31-. The van der Waals surface area contributed by atoms with Crippen LogP contribution in [0.5, 0.6) is 0 Å². The van der Waals surface area contributed by atoms with E-state index in [1.165, 1.54) is 103 Å². The average molecular weight is 688 g/mol. The molecular weight excluding hydrogens is 610 g/mol. The highest BCUT2D eigenvalue weighted by Crippen LogP contribution is 2.16. The third-order valence-corrected chi connectivity index (χ3v) is 9.06. The zero-order valence-corrected chi connectivity index (χ0v) is 32.0. The Labute approximate surface area is 302 Å². The first-order valence-corrected chi connectivity index (χ1v) is 20.6. The summed E-state index contributed by atoms with van der Waals surface area (Å²) in [5, 5.41) is 11.0. The second kappa shape index (κ2) is 38.4. The van der Waals surface area contributed by atoms with Crippen molar-refractivity contribution in [1.82, 2.24) is 5.32 Å². The normalized spacial score (nSPS) is 12.4. The van der Waals surface area contributed by atoms with Crippen molar-refractivity contribution in [2.75, 3.05) is 6.54 Å². The van der Waals surface area contributed by atoms with E-state index < -0.39 is 5.97 Å². The minimum absolute atomic E-state index is 0.0763. The molecule has 0 aliphatic rings. The number of nitrogens with one attached hydrogen (secondary N) is 1. The van der Waals surface area contributed by atoms with E-state index >= 15 is 0 Å². The van der Waals surface area contributed by atoms with Gasteiger partial charge in [-0.25, -0.2) is 0 Å². The van der Waals surface area contributed by atoms with E-state index in [1.807, 2.05) is 0 Å². The third-order valence-electron chi connectivity index (χ3n) is 9.06. The summed E-state index contributed by atoms with van der Waals surface area (Å²) in [6.07, 6.45) is 47.3. The van der Waals surface area contributed by atoms with E-state index in [4.69, 9.17) is 9.84 Å². The molecule has 284 valence electrons. The van der Waals surface area contributed by atoms with Crippen LogP contribution in [0, 0.1) is 0 Å². The molecule has 0 aliphatic heterocycles. The maximum atomic E-state index is 12.7. The monoisotopic (exact) mass is 688 g/mol. The number of unbranched alkanes of at least 4 members (excludes halogenated alkanes) is 22. The van der Waals surface area contributed by atoms with Gasteiger partial charge in [0.1, 0.15) is 12.6 Å². The molecule has 1 atom stereocenters. The Bertz CT molecular complexity index is 849. The van der Waals surface area contributed by atoms with Gasteiger partial charge in [-0.1, -0.05) is 179 Å². The summed E-state index contributed by atoms with van der Waals surface area (Å²) >= 11 is 0. The van der Waals surface area contributed by atoms with Gasteiger partial charge in [0.05, 0.1) is 0 Å². The molecule has 0 spiro atoms. The second-order valence-corrected chi connectivity index (χ2v) is 13.9. The number of esters is 1. The Hall–Kier alpha value is -2.37. The summed E-state index contributed by atoms with van der Waals surface area (Å²) < 4.78 is 5.91. The number of carbonyl (C=O) groups is 3. The predicted molar refractivity (Wildman–Crippen MR) is 208 cm³/mol. The van der Waals surface area contributed by atoms with Gasteiger partial charge in [-0.2, -0.15) is 0 Å². The van der Waals surface area contributed by atoms with Crippen LogP contribution in [0.4, 0.5) is 0 Å². The molecule has 0 rings (SSSR count). The predicted octanol–water partition coefficient (Wildman–Crippen LogP) is 12.5. The largest absolute Gasteiger partial charge is 0.480 e. The lowest BCUT2D eigenvalue weighted by Crippen LogP contribution is -2.28. The van der Waals surface area contributed by atoms with Crippen molar-refractivity contribution < 1.29 is 24.2 Å². The quantitative estimate of drug-likeness (QED) is 0.0385. The first-order valence-electron chi connectivity index (χ1n) is 20.6. The fraction of sp³-hybridized carbons (Fsp3) is 0.791. The van der Waals surface area contributed by atoms with Crippen molar-refractivity contribution in [3.8, 4) is 0 Å². The average Bonchev–Trinajstić information content (AvgIpc) is 3.08. The summed E-state index contributed by atoms with van der Waals surface area (Å²) in [5.41, 5.74) is 0. The summed E-state index contributed by atoms with van der Waals surface area (Å²) in [7, 11) is 0. The number of carboxylic acids is 1. The molecule has 0 radical (unpaired) electrons. The lowest BCUT2D eigenvalue weighted by atomic mass is 10.0. The highest BCUT2D eigenvalue weighted by Gasteiger charge is 2.11. The lowest BCUT2D eigenvalue weighted by Gasteiger charge is -2.14. The molecule has 1 amide bonds. The molecule has 0 aromatic rings. The second-order valence-electron chi connectivity index (χ2n) is 13.9. The summed E-state index contributed by atoms with van der Waals surface area (Å²) in [6, 6.07) is 0. The summed E-state index contributed by atoms with van der Waals surface area (Å²) in [5.74, 6) is -1.29. The van der Waals surface area contributed by atoms with E-state index in [0.29, 0.717) is 12.8 Å². The first-order chi connectivity index (χ1) is 24.0. The van der Waals surface area contributed by atoms with Crippen molar-refractivity contribution in [3.05, 3.63) is 36.5 Å². The molecular formula is C43H77NO5. The number of aliphatic carboxylic acids is 1. The Morgan fingerprint density at radius 3 is 1.47 bits per heavy atom. The van der Waals surface area contributed by atoms with Gasteiger partial charge in [0, 0.05) is 12.8 Å². The number of amides is 1. The topological polar surface area (TPSA) is 92.7 Å². The van der Waals surface area contributed by atoms with Crippen LogP contribution in [0.25, 0.3) is 0 Å². The number of rotatable bonds is 37. The van der Waals surface area contributed by atoms with Gasteiger partial charge >= 0.3 is 11.9 Å². The number of ether oxygens (including phenoxy) is 1. The first kappa shape index (κ1) is 46.6. The molecule has 49 heavy (non-hydrogen) atoms. The third kappa shape index (κ3) is 38.3. The minimum Gasteiger partial charge on any atom is -0.480 e. The van der Waals surface area contributed by atoms with Crippen LogP contribution in [-0.4, -0.2) is 35.6 Å². The number of carboxylic acid groups (broad SMARTS) is 1. The van der Waals surface area contributed by atoms with E-state index in [-0.39, 0.29) is 24.5 Å². The van der Waals surface area contributed by atoms with Gasteiger partial charge in [-0.05, 0) is 51.0 Å². The highest BCUT2D eigenvalue weighted by atomic mass is 16.5. The molecule has 0 heterocycles. The maximum Gasteiger partial charge on any atom is 0.322 e. The molecule has 0 aromatic carbocycles. The molecule has 0 fully saturated rings. The van der Waals surface area contributed by atoms with Crippen LogP contribution in [0.1, 0.15) is 206 Å². The SMILES string of the molecule is CC/C=C\C/C=C\C/C=C\C(CCCCCCCCC(=O)NCC(=O)O)OC(=O)CCCCCCCCCCCCCCCCCCCC. The van der Waals surface area contributed by atoms with Crippen molar-refractivity contribution >= 4 is 17.8 Å². The Morgan fingerprint density at radius 1 is 0.551 bits per heavy atom. The zero-order valence-electron chi connectivity index (χ0n) is 32.0. The molecule has 0 aliphatic carbocycles. The van der Waals surface area contributed by atoms with Crippen LogP contribution < -0.4 is 5.32 Å². The van der Waals surface area contributed by atoms with Crippen molar-refractivity contribution in [2.45, 2.75) is 213 Å². The molecule has 0 bridgehead atoms. The molecule has 0 aromatic heterocycles. The summed E-state index contributed by atoms with van der Waals surface area (Å²) in [6.45, 7) is 4.11. The number of carbonyl (C=O) groups excluding carboxylic acids is 2. The van der Waals surface area contributed by atoms with Gasteiger partial charge in [0.2, 0.25) is 5.91 Å². The Balaban J connectivity index is 4.07. The zero-order chi connectivity index (χ0) is 35.9. The van der Waals surface area contributed by atoms with Crippen LogP contribution in [-0.2, 0) is 19.1 Å². The smallest absolute Gasteiger partial charge is 0.322 e. The molecule has 0 saturated heterocycles. The van der Waals surface area contributed by atoms with Crippen LogP contribution in [0.15, 0.2) is 36.5 Å². The van der Waals surface area contributed by atoms with E-state index in [2.05, 4.69) is 55.6 Å². The molecule has 6 nitrogen and oxygen atoms in total. The minimum atomic E-state index is -1.02. The number of allylic oxidation sites excluding steroid dienone is 5. The van der Waals surface area contributed by atoms with Crippen molar-refractivity contribution in [1.29, 1.82) is 0 Å². The number of hydrogen-bond acceptors (Lipinski definition) is 4. The molecule has 1 unspecified atom stereocenters. The number of hydrogen-bond donors (Lipinski definition) is 2. The van der Waals surface area contributed by atoms with Crippen molar-refractivity contribution in [3.63, 3.8) is 0 Å². The van der Waals surface area contributed by atoms with Crippen LogP contribution >= 0.6 is 0 Å². The fourth-order valence-electron chi connectivity index (χ4n) is 6.04. The molecule has 6 heteroatoms. The van der Waals surface area contributed by atoms with Gasteiger partial charge in [0.15, 0.2) is 0 Å². The molecule has 0 saturated carbocycles. The van der Waals surface area contributed by atoms with Crippen LogP contribution in [0.2, 0.25) is 0 Å². The fourth-order valence-corrected chi connectivity index (χ4v) is 6.04. The van der Waals surface area contributed by atoms with E-state index in [1.54, 1.807) is 0 Å². The Morgan fingerprint density at radius 2 is 0.980 bits per heavy atom. The summed E-state index contributed by atoms with van der Waals surface area (Å²) in [4.78, 5) is 34.8.